The van der Waals surface area contributed by atoms with Crippen LogP contribution in [0, 0.1) is 10.8 Å². The Morgan fingerprint density at radius 1 is 0.568 bits per heavy atom. The van der Waals surface area contributed by atoms with Crippen molar-refractivity contribution >= 4 is 11.4 Å². The van der Waals surface area contributed by atoms with Gasteiger partial charge in [0, 0.05) is 28.6 Å². The van der Waals surface area contributed by atoms with E-state index in [1.165, 1.54) is 0 Å². The summed E-state index contributed by atoms with van der Waals surface area (Å²) in [5.41, 5.74) is 6.46. The molecule has 5 aromatic rings. The Kier molecular flexibility index (Phi) is 10.8. The number of hydrogen-bond donors (Lipinski definition) is 2. The summed E-state index contributed by atoms with van der Waals surface area (Å²) in [7, 11) is 0. The molecule has 0 aliphatic carbocycles. The molecule has 0 atom stereocenters. The third kappa shape index (κ3) is 8.55. The summed E-state index contributed by atoms with van der Waals surface area (Å²) >= 11 is 0. The van der Waals surface area contributed by atoms with Gasteiger partial charge in [-0.1, -0.05) is 140 Å². The van der Waals surface area contributed by atoms with Crippen molar-refractivity contribution in [2.45, 2.75) is 26.7 Å². The highest BCUT2D eigenvalue weighted by Crippen LogP contribution is 2.25. The predicted molar refractivity (Wildman–Crippen MR) is 154 cm³/mol. The van der Waals surface area contributed by atoms with Gasteiger partial charge < -0.3 is 15.3 Å². The highest BCUT2D eigenvalue weighted by Gasteiger charge is 2.07. The normalized spacial score (nSPS) is 9.78. The fourth-order valence-corrected chi connectivity index (χ4v) is 3.45. The molecule has 5 rings (SSSR count). The number of nitrogens with one attached hydrogen (secondary N) is 2. The van der Waals surface area contributed by atoms with E-state index in [2.05, 4.69) is 5.16 Å². The maximum Gasteiger partial charge on any atom is 0.167 e. The van der Waals surface area contributed by atoms with Gasteiger partial charge in [0.05, 0.1) is 0 Å². The minimum atomic E-state index is 0.709. The Bertz CT molecular complexity index is 1240. The Morgan fingerprint density at radius 2 is 0.946 bits per heavy atom. The monoisotopic (exact) mass is 487 g/mol. The second kappa shape index (κ2) is 14.7. The quantitative estimate of drug-likeness (QED) is 0.235. The van der Waals surface area contributed by atoms with E-state index in [1.807, 2.05) is 141 Å². The summed E-state index contributed by atoms with van der Waals surface area (Å²) in [6, 6.07) is 41.6. The van der Waals surface area contributed by atoms with E-state index in [9.17, 15) is 0 Å². The molecule has 0 radical (unpaired) electrons. The van der Waals surface area contributed by atoms with E-state index in [0.29, 0.717) is 11.4 Å². The van der Waals surface area contributed by atoms with Gasteiger partial charge in [-0.25, -0.2) is 0 Å². The second-order valence-electron chi connectivity index (χ2n) is 8.20. The second-order valence-corrected chi connectivity index (χ2v) is 8.20. The zero-order valence-corrected chi connectivity index (χ0v) is 21.4. The highest BCUT2D eigenvalue weighted by atomic mass is 16.5. The zero-order valence-electron chi connectivity index (χ0n) is 21.4. The van der Waals surface area contributed by atoms with Crippen molar-refractivity contribution < 1.29 is 4.52 Å². The molecule has 4 aromatic carbocycles. The lowest BCUT2D eigenvalue weighted by molar-refractivity contribution is 0.435. The Labute approximate surface area is 219 Å². The molecule has 0 aliphatic heterocycles. The first-order valence-corrected chi connectivity index (χ1v) is 12.5. The van der Waals surface area contributed by atoms with Gasteiger partial charge in [-0.15, -0.1) is 0 Å². The molecule has 0 saturated carbocycles. The van der Waals surface area contributed by atoms with E-state index in [0.717, 1.165) is 46.5 Å². The van der Waals surface area contributed by atoms with Crippen LogP contribution in [0.1, 0.15) is 37.8 Å². The van der Waals surface area contributed by atoms with Crippen molar-refractivity contribution in [3.05, 3.63) is 139 Å². The Hall–Kier alpha value is -4.57. The minimum absolute atomic E-state index is 0.709. The molecular weight excluding hydrogens is 454 g/mol. The molecule has 0 spiro atoms. The van der Waals surface area contributed by atoms with Gasteiger partial charge in [-0.3, -0.25) is 0 Å². The van der Waals surface area contributed by atoms with E-state index in [-0.39, 0.29) is 0 Å². The summed E-state index contributed by atoms with van der Waals surface area (Å²) in [6.07, 6.45) is 1.62. The van der Waals surface area contributed by atoms with Crippen molar-refractivity contribution in [3.63, 3.8) is 0 Å². The summed E-state index contributed by atoms with van der Waals surface area (Å²) in [6.45, 7) is 3.99. The summed E-state index contributed by atoms with van der Waals surface area (Å²) in [4.78, 5) is 0. The summed E-state index contributed by atoms with van der Waals surface area (Å²) in [5.74, 6) is 0.796. The van der Waals surface area contributed by atoms with Crippen molar-refractivity contribution in [1.29, 1.82) is 10.8 Å². The molecule has 4 heteroatoms. The summed E-state index contributed by atoms with van der Waals surface area (Å²) < 4.78 is 5.36. The molecule has 0 saturated heterocycles. The van der Waals surface area contributed by atoms with E-state index in [1.54, 1.807) is 0 Å². The zero-order chi connectivity index (χ0) is 26.3. The number of aromatic nitrogens is 1. The standard InChI is InChI=1S/C15H11NO.2C9H11N/c1-3-7-12(8-4-1)14-11-15(17-16-14)13-9-5-2-6-10-13;2*1-2-9(10)8-6-4-3-5-7-8/h1-11H;2*3-7,10H,2H2,1H3. The van der Waals surface area contributed by atoms with Crippen LogP contribution < -0.4 is 0 Å². The average Bonchev–Trinajstić information content (AvgIpc) is 3.49. The van der Waals surface area contributed by atoms with Crippen molar-refractivity contribution in [2.24, 2.45) is 0 Å². The van der Waals surface area contributed by atoms with Crippen LogP contribution >= 0.6 is 0 Å². The van der Waals surface area contributed by atoms with Crippen LogP contribution in [0.3, 0.4) is 0 Å². The number of hydrogen-bond acceptors (Lipinski definition) is 4. The predicted octanol–water partition coefficient (Wildman–Crippen LogP) is 8.94. The van der Waals surface area contributed by atoms with Gasteiger partial charge in [0.15, 0.2) is 5.76 Å². The van der Waals surface area contributed by atoms with Crippen LogP contribution in [-0.4, -0.2) is 16.6 Å². The smallest absolute Gasteiger partial charge is 0.167 e. The van der Waals surface area contributed by atoms with E-state index >= 15 is 0 Å². The fraction of sp³-hybridized carbons (Fsp3) is 0.121. The molecule has 2 N–H and O–H groups in total. The maximum atomic E-state index is 7.48. The van der Waals surface area contributed by atoms with Crippen molar-refractivity contribution in [2.75, 3.05) is 0 Å². The molecule has 1 heterocycles. The average molecular weight is 488 g/mol. The highest BCUT2D eigenvalue weighted by molar-refractivity contribution is 5.98. The molecule has 0 aliphatic rings. The van der Waals surface area contributed by atoms with Crippen LogP contribution in [0.2, 0.25) is 0 Å². The lowest BCUT2D eigenvalue weighted by atomic mass is 10.1. The van der Waals surface area contributed by atoms with Crippen LogP contribution in [0.5, 0.6) is 0 Å². The first-order valence-electron chi connectivity index (χ1n) is 12.5. The molecule has 0 unspecified atom stereocenters. The summed E-state index contributed by atoms with van der Waals surface area (Å²) in [5, 5.41) is 19.0. The molecule has 0 bridgehead atoms. The van der Waals surface area contributed by atoms with Gasteiger partial charge in [0.1, 0.15) is 5.69 Å². The van der Waals surface area contributed by atoms with Gasteiger partial charge in [-0.2, -0.15) is 0 Å². The SMILES string of the molecule is CCC(=N)c1ccccc1.CCC(=N)c1ccccc1.c1ccc(-c2cc(-c3ccccc3)on2)cc1. The molecule has 0 amide bonds. The molecule has 37 heavy (non-hydrogen) atoms. The molecular formula is C33H33N3O. The third-order valence-electron chi connectivity index (χ3n) is 5.59. The first kappa shape index (κ1) is 27.0. The number of rotatable bonds is 6. The van der Waals surface area contributed by atoms with Crippen LogP contribution in [0.15, 0.2) is 132 Å². The minimum Gasteiger partial charge on any atom is -0.356 e. The Balaban J connectivity index is 0.000000165. The molecule has 4 nitrogen and oxygen atoms in total. The van der Waals surface area contributed by atoms with Crippen molar-refractivity contribution in [1.82, 2.24) is 5.16 Å². The van der Waals surface area contributed by atoms with Gasteiger partial charge >= 0.3 is 0 Å². The Morgan fingerprint density at radius 3 is 1.35 bits per heavy atom. The van der Waals surface area contributed by atoms with E-state index < -0.39 is 0 Å². The van der Waals surface area contributed by atoms with Crippen LogP contribution in [0.25, 0.3) is 22.6 Å². The lowest BCUT2D eigenvalue weighted by Gasteiger charge is -1.97. The largest absolute Gasteiger partial charge is 0.356 e. The molecule has 186 valence electrons. The lowest BCUT2D eigenvalue weighted by Crippen LogP contribution is -1.94. The van der Waals surface area contributed by atoms with Gasteiger partial charge in [0.2, 0.25) is 0 Å². The van der Waals surface area contributed by atoms with Gasteiger partial charge in [-0.05, 0) is 24.0 Å². The topological polar surface area (TPSA) is 73.7 Å². The first-order chi connectivity index (χ1) is 18.1. The van der Waals surface area contributed by atoms with Crippen molar-refractivity contribution in [3.8, 4) is 22.6 Å². The maximum absolute atomic E-state index is 7.48. The molecule has 0 fully saturated rings. The van der Waals surface area contributed by atoms with Crippen LogP contribution in [0.4, 0.5) is 0 Å². The molecule has 1 aromatic heterocycles. The number of benzene rings is 4. The number of nitrogens with zero attached hydrogens (tertiary/aromatic N) is 1. The fourth-order valence-electron chi connectivity index (χ4n) is 3.45. The van der Waals surface area contributed by atoms with Crippen LogP contribution in [-0.2, 0) is 0 Å². The van der Waals surface area contributed by atoms with Gasteiger partial charge in [0.25, 0.3) is 0 Å². The van der Waals surface area contributed by atoms with E-state index in [4.69, 9.17) is 15.3 Å². The third-order valence-corrected chi connectivity index (χ3v) is 5.59.